The number of rotatable bonds is 50. The average Bonchev–Trinajstić information content (AvgIpc) is 3.29. The molecular weight excluding hydrogens is 793 g/mol. The zero-order valence-electron chi connectivity index (χ0n) is 42.6. The van der Waals surface area contributed by atoms with Crippen molar-refractivity contribution >= 4 is 17.9 Å². The predicted molar refractivity (Wildman–Crippen MR) is 275 cm³/mol. The van der Waals surface area contributed by atoms with E-state index in [-0.39, 0.29) is 37.5 Å². The molecule has 6 heteroatoms. The summed E-state index contributed by atoms with van der Waals surface area (Å²) in [6.07, 6.45) is 64.5. The lowest BCUT2D eigenvalue weighted by molar-refractivity contribution is -0.167. The lowest BCUT2D eigenvalue weighted by atomic mass is 10.0. The molecule has 0 saturated heterocycles. The molecule has 0 heterocycles. The largest absolute Gasteiger partial charge is 0.462 e. The Morgan fingerprint density at radius 2 is 0.609 bits per heavy atom. The molecule has 1 unspecified atom stereocenters. The van der Waals surface area contributed by atoms with E-state index in [1.165, 1.54) is 154 Å². The average molecular weight is 897 g/mol. The number of unbranched alkanes of at least 4 members (excludes halogenated alkanes) is 31. The SMILES string of the molecule is CC/C=C\C/C=C\C/C=C\C/C=C\CCCCC(=O)OC(COC(=O)CCCCCCC)COC(=O)CCCCCCCCCCCCCCCCCCCCCCCCCCCC. The first-order chi connectivity index (χ1) is 31.5. The van der Waals surface area contributed by atoms with Crippen molar-refractivity contribution in [2.75, 3.05) is 13.2 Å². The lowest BCUT2D eigenvalue weighted by Crippen LogP contribution is -2.30. The Bertz CT molecular complexity index is 1120. The highest BCUT2D eigenvalue weighted by Gasteiger charge is 2.19. The third-order valence-corrected chi connectivity index (χ3v) is 12.1. The molecule has 64 heavy (non-hydrogen) atoms. The summed E-state index contributed by atoms with van der Waals surface area (Å²) in [6, 6.07) is 0. The summed E-state index contributed by atoms with van der Waals surface area (Å²) in [5.41, 5.74) is 0. The number of carbonyl (C=O) groups is 3. The summed E-state index contributed by atoms with van der Waals surface area (Å²) in [7, 11) is 0. The molecule has 0 saturated carbocycles. The maximum Gasteiger partial charge on any atom is 0.306 e. The number of hydrogen-bond acceptors (Lipinski definition) is 6. The molecule has 0 aliphatic heterocycles. The number of ether oxygens (including phenoxy) is 3. The molecule has 0 N–H and O–H groups in total. The van der Waals surface area contributed by atoms with Crippen LogP contribution in [0, 0.1) is 0 Å². The van der Waals surface area contributed by atoms with Crippen molar-refractivity contribution in [3.63, 3.8) is 0 Å². The highest BCUT2D eigenvalue weighted by atomic mass is 16.6. The van der Waals surface area contributed by atoms with Gasteiger partial charge in [0, 0.05) is 19.3 Å². The van der Waals surface area contributed by atoms with Gasteiger partial charge in [-0.25, -0.2) is 0 Å². The Morgan fingerprint density at radius 1 is 0.328 bits per heavy atom. The van der Waals surface area contributed by atoms with Crippen LogP contribution in [0.2, 0.25) is 0 Å². The molecule has 0 amide bonds. The number of esters is 3. The first-order valence-electron chi connectivity index (χ1n) is 27.6. The minimum absolute atomic E-state index is 0.0875. The van der Waals surface area contributed by atoms with Crippen molar-refractivity contribution in [2.45, 2.75) is 290 Å². The molecule has 1 atom stereocenters. The summed E-state index contributed by atoms with van der Waals surface area (Å²) in [6.45, 7) is 6.43. The van der Waals surface area contributed by atoms with Gasteiger partial charge in [0.05, 0.1) is 0 Å². The van der Waals surface area contributed by atoms with Crippen LogP contribution in [0.1, 0.15) is 284 Å². The van der Waals surface area contributed by atoms with Gasteiger partial charge in [-0.1, -0.05) is 256 Å². The summed E-state index contributed by atoms with van der Waals surface area (Å²) < 4.78 is 16.6. The van der Waals surface area contributed by atoms with Gasteiger partial charge >= 0.3 is 17.9 Å². The van der Waals surface area contributed by atoms with E-state index in [1.54, 1.807) is 0 Å². The van der Waals surface area contributed by atoms with Crippen LogP contribution < -0.4 is 0 Å². The van der Waals surface area contributed by atoms with Crippen LogP contribution in [-0.4, -0.2) is 37.2 Å². The molecule has 6 nitrogen and oxygen atoms in total. The predicted octanol–water partition coefficient (Wildman–Crippen LogP) is 18.3. The van der Waals surface area contributed by atoms with Gasteiger partial charge in [0.25, 0.3) is 0 Å². The van der Waals surface area contributed by atoms with Gasteiger partial charge in [0.2, 0.25) is 0 Å². The summed E-state index contributed by atoms with van der Waals surface area (Å²) in [5.74, 6) is -0.935. The normalized spacial score (nSPS) is 12.4. The van der Waals surface area contributed by atoms with E-state index in [2.05, 4.69) is 69.4 Å². The molecule has 0 aromatic heterocycles. The molecule has 0 aromatic rings. The second kappa shape index (κ2) is 53.0. The van der Waals surface area contributed by atoms with E-state index in [0.29, 0.717) is 19.3 Å². The molecule has 0 aliphatic rings. The Morgan fingerprint density at radius 3 is 0.953 bits per heavy atom. The van der Waals surface area contributed by atoms with Crippen LogP contribution in [0.15, 0.2) is 48.6 Å². The van der Waals surface area contributed by atoms with E-state index in [4.69, 9.17) is 14.2 Å². The monoisotopic (exact) mass is 897 g/mol. The van der Waals surface area contributed by atoms with Gasteiger partial charge in [0.15, 0.2) is 6.10 Å². The van der Waals surface area contributed by atoms with Gasteiger partial charge < -0.3 is 14.2 Å². The Hall–Kier alpha value is -2.63. The minimum atomic E-state index is -0.788. The zero-order chi connectivity index (χ0) is 46.5. The number of carbonyl (C=O) groups excluding carboxylic acids is 3. The molecule has 0 aromatic carbocycles. The minimum Gasteiger partial charge on any atom is -0.462 e. The molecule has 0 spiro atoms. The molecule has 0 bridgehead atoms. The first kappa shape index (κ1) is 61.4. The van der Waals surface area contributed by atoms with Gasteiger partial charge in [-0.15, -0.1) is 0 Å². The fraction of sp³-hybridized carbons (Fsp3) is 0.810. The first-order valence-corrected chi connectivity index (χ1v) is 27.6. The van der Waals surface area contributed by atoms with Crippen LogP contribution in [0.4, 0.5) is 0 Å². The third-order valence-electron chi connectivity index (χ3n) is 12.1. The molecule has 0 aliphatic carbocycles. The van der Waals surface area contributed by atoms with Crippen LogP contribution in [0.5, 0.6) is 0 Å². The van der Waals surface area contributed by atoms with Crippen molar-refractivity contribution < 1.29 is 28.6 Å². The van der Waals surface area contributed by atoms with Crippen molar-refractivity contribution in [3.8, 4) is 0 Å². The van der Waals surface area contributed by atoms with E-state index in [0.717, 1.165) is 83.5 Å². The fourth-order valence-corrected chi connectivity index (χ4v) is 7.96. The summed E-state index contributed by atoms with van der Waals surface area (Å²) in [5, 5.41) is 0. The topological polar surface area (TPSA) is 78.9 Å². The van der Waals surface area contributed by atoms with E-state index < -0.39 is 6.10 Å². The number of allylic oxidation sites excluding steroid dienone is 8. The molecular formula is C58H104O6. The lowest BCUT2D eigenvalue weighted by Gasteiger charge is -2.18. The second-order valence-electron chi connectivity index (χ2n) is 18.5. The number of hydrogen-bond donors (Lipinski definition) is 0. The molecule has 372 valence electrons. The van der Waals surface area contributed by atoms with Gasteiger partial charge in [0.1, 0.15) is 13.2 Å². The highest BCUT2D eigenvalue weighted by molar-refractivity contribution is 5.71. The Labute approximate surface area is 397 Å². The standard InChI is InChI=1S/C58H104O6/c1-4-7-10-13-15-17-19-21-23-24-25-26-27-28-29-30-31-32-33-35-36-38-40-42-45-48-51-57(60)63-54-55(53-62-56(59)50-47-44-12-9-6-3)64-58(61)52-49-46-43-41-39-37-34-22-20-18-16-14-11-8-5-2/h8,11,16,18,22,34,39,41,55H,4-7,9-10,12-15,17,19-21,23-33,35-38,40,42-54H2,1-3H3/b11-8-,18-16-,34-22-,41-39-. The third kappa shape index (κ3) is 50.4. The van der Waals surface area contributed by atoms with Crippen LogP contribution in [0.3, 0.4) is 0 Å². The maximum absolute atomic E-state index is 12.7. The van der Waals surface area contributed by atoms with Crippen LogP contribution >= 0.6 is 0 Å². The highest BCUT2D eigenvalue weighted by Crippen LogP contribution is 2.17. The molecule has 0 radical (unpaired) electrons. The van der Waals surface area contributed by atoms with E-state index >= 15 is 0 Å². The Kier molecular flexibility index (Phi) is 50.8. The van der Waals surface area contributed by atoms with Crippen molar-refractivity contribution in [1.82, 2.24) is 0 Å². The van der Waals surface area contributed by atoms with Crippen molar-refractivity contribution in [2.24, 2.45) is 0 Å². The van der Waals surface area contributed by atoms with Gasteiger partial charge in [-0.2, -0.15) is 0 Å². The van der Waals surface area contributed by atoms with E-state index in [1.807, 2.05) is 0 Å². The maximum atomic E-state index is 12.7. The van der Waals surface area contributed by atoms with E-state index in [9.17, 15) is 14.4 Å². The summed E-state index contributed by atoms with van der Waals surface area (Å²) in [4.78, 5) is 37.7. The van der Waals surface area contributed by atoms with Gasteiger partial charge in [-0.3, -0.25) is 14.4 Å². The quantitative estimate of drug-likeness (QED) is 0.0262. The second-order valence-corrected chi connectivity index (χ2v) is 18.5. The van der Waals surface area contributed by atoms with Crippen molar-refractivity contribution in [3.05, 3.63) is 48.6 Å². The smallest absolute Gasteiger partial charge is 0.306 e. The zero-order valence-corrected chi connectivity index (χ0v) is 42.6. The van der Waals surface area contributed by atoms with Gasteiger partial charge in [-0.05, 0) is 57.8 Å². The fourth-order valence-electron chi connectivity index (χ4n) is 7.96. The molecule has 0 fully saturated rings. The van der Waals surface area contributed by atoms with Crippen LogP contribution in [-0.2, 0) is 28.6 Å². The molecule has 0 rings (SSSR count). The summed E-state index contributed by atoms with van der Waals surface area (Å²) >= 11 is 0. The Balaban J connectivity index is 4.04. The van der Waals surface area contributed by atoms with Crippen LogP contribution in [0.25, 0.3) is 0 Å². The van der Waals surface area contributed by atoms with Crippen molar-refractivity contribution in [1.29, 1.82) is 0 Å².